The van der Waals surface area contributed by atoms with Gasteiger partial charge < -0.3 is 14.8 Å². The number of hydrogen-bond acceptors (Lipinski definition) is 6. The second-order valence-electron chi connectivity index (χ2n) is 5.22. The smallest absolute Gasteiger partial charge is 0.167 e. The summed E-state index contributed by atoms with van der Waals surface area (Å²) in [6, 6.07) is 7.70. The molecular formula is C17H20N4O2. The Morgan fingerprint density at radius 1 is 1.17 bits per heavy atom. The minimum absolute atomic E-state index is 0.112. The van der Waals surface area contributed by atoms with Crippen molar-refractivity contribution in [2.75, 3.05) is 19.5 Å². The summed E-state index contributed by atoms with van der Waals surface area (Å²) in [6.07, 6.45) is 0. The molecule has 0 aliphatic carbocycles. The van der Waals surface area contributed by atoms with Crippen molar-refractivity contribution in [2.24, 2.45) is 0 Å². The standard InChI is InChI=1S/C17H20N4O2/c1-10-11(2)20-21-17(15(10)9-18)19-12(3)14-7-6-13(22-4)8-16(14)23-5/h6-8,12H,1-5H3,(H,19,21)/t12-/m0/s1. The molecule has 0 aliphatic rings. The van der Waals surface area contributed by atoms with E-state index in [-0.39, 0.29) is 6.04 Å². The van der Waals surface area contributed by atoms with E-state index in [1.54, 1.807) is 14.2 Å². The summed E-state index contributed by atoms with van der Waals surface area (Å²) >= 11 is 0. The summed E-state index contributed by atoms with van der Waals surface area (Å²) in [6.45, 7) is 5.68. The highest BCUT2D eigenvalue weighted by Gasteiger charge is 2.17. The lowest BCUT2D eigenvalue weighted by atomic mass is 10.1. The van der Waals surface area contributed by atoms with E-state index < -0.39 is 0 Å². The maximum absolute atomic E-state index is 9.38. The lowest BCUT2D eigenvalue weighted by Crippen LogP contribution is -2.12. The number of nitrogens with one attached hydrogen (secondary N) is 1. The Kier molecular flexibility index (Phi) is 5.02. The normalized spacial score (nSPS) is 11.5. The molecule has 1 atom stereocenters. The number of aromatic nitrogens is 2. The second-order valence-corrected chi connectivity index (χ2v) is 5.22. The molecule has 0 aliphatic heterocycles. The molecule has 0 unspecified atom stereocenters. The molecule has 0 bridgehead atoms. The third kappa shape index (κ3) is 3.34. The van der Waals surface area contributed by atoms with Crippen molar-refractivity contribution in [3.8, 4) is 17.6 Å². The van der Waals surface area contributed by atoms with Gasteiger partial charge in [0.05, 0.1) is 26.0 Å². The number of methoxy groups -OCH3 is 2. The predicted molar refractivity (Wildman–Crippen MR) is 87.8 cm³/mol. The molecule has 0 fully saturated rings. The van der Waals surface area contributed by atoms with E-state index in [1.165, 1.54) is 0 Å². The highest BCUT2D eigenvalue weighted by molar-refractivity contribution is 5.57. The first-order chi connectivity index (χ1) is 11.0. The van der Waals surface area contributed by atoms with Crippen LogP contribution in [0.15, 0.2) is 18.2 Å². The van der Waals surface area contributed by atoms with E-state index >= 15 is 0 Å². The quantitative estimate of drug-likeness (QED) is 0.913. The first kappa shape index (κ1) is 16.6. The van der Waals surface area contributed by atoms with Crippen LogP contribution in [-0.4, -0.2) is 24.4 Å². The Morgan fingerprint density at radius 2 is 1.91 bits per heavy atom. The second kappa shape index (κ2) is 6.97. The van der Waals surface area contributed by atoms with E-state index in [0.29, 0.717) is 17.1 Å². The summed E-state index contributed by atoms with van der Waals surface area (Å²) in [5.74, 6) is 1.90. The fraction of sp³-hybridized carbons (Fsp3) is 0.353. The SMILES string of the molecule is COc1ccc([C@H](C)Nc2nnc(C)c(C)c2C#N)c(OC)c1. The topological polar surface area (TPSA) is 80.1 Å². The Morgan fingerprint density at radius 3 is 2.52 bits per heavy atom. The zero-order chi connectivity index (χ0) is 17.0. The number of rotatable bonds is 5. The van der Waals surface area contributed by atoms with E-state index in [2.05, 4.69) is 21.6 Å². The van der Waals surface area contributed by atoms with E-state index in [9.17, 15) is 5.26 Å². The molecule has 6 nitrogen and oxygen atoms in total. The van der Waals surface area contributed by atoms with Crippen LogP contribution in [0, 0.1) is 25.2 Å². The van der Waals surface area contributed by atoms with Gasteiger partial charge in [-0.2, -0.15) is 10.4 Å². The van der Waals surface area contributed by atoms with Gasteiger partial charge in [0.2, 0.25) is 0 Å². The number of ether oxygens (including phenoxy) is 2. The molecule has 2 aromatic rings. The van der Waals surface area contributed by atoms with Gasteiger partial charge in [0.25, 0.3) is 0 Å². The van der Waals surface area contributed by atoms with Crippen LogP contribution in [0.3, 0.4) is 0 Å². The molecule has 23 heavy (non-hydrogen) atoms. The highest BCUT2D eigenvalue weighted by Crippen LogP contribution is 2.31. The number of hydrogen-bond donors (Lipinski definition) is 1. The minimum Gasteiger partial charge on any atom is -0.497 e. The average molecular weight is 312 g/mol. The maximum atomic E-state index is 9.38. The molecule has 6 heteroatoms. The molecule has 0 saturated carbocycles. The Hall–Kier alpha value is -2.81. The van der Waals surface area contributed by atoms with Gasteiger partial charge in [-0.25, -0.2) is 0 Å². The van der Waals surface area contributed by atoms with E-state index in [4.69, 9.17) is 9.47 Å². The van der Waals surface area contributed by atoms with Crippen molar-refractivity contribution in [3.63, 3.8) is 0 Å². The maximum Gasteiger partial charge on any atom is 0.167 e. The van der Waals surface area contributed by atoms with Gasteiger partial charge >= 0.3 is 0 Å². The fourth-order valence-corrected chi connectivity index (χ4v) is 2.31. The number of aryl methyl sites for hydroxylation is 1. The molecule has 0 amide bonds. The van der Waals surface area contributed by atoms with Crippen LogP contribution >= 0.6 is 0 Å². The molecular weight excluding hydrogens is 292 g/mol. The van der Waals surface area contributed by atoms with Gasteiger partial charge in [0, 0.05) is 11.6 Å². The van der Waals surface area contributed by atoms with Crippen LogP contribution in [0.4, 0.5) is 5.82 Å². The van der Waals surface area contributed by atoms with E-state index in [1.807, 2.05) is 39.0 Å². The largest absolute Gasteiger partial charge is 0.497 e. The molecule has 2 rings (SSSR count). The summed E-state index contributed by atoms with van der Waals surface area (Å²) in [7, 11) is 3.22. The molecule has 0 saturated heterocycles. The van der Waals surface area contributed by atoms with Crippen molar-refractivity contribution in [1.82, 2.24) is 10.2 Å². The highest BCUT2D eigenvalue weighted by atomic mass is 16.5. The molecule has 1 heterocycles. The monoisotopic (exact) mass is 312 g/mol. The molecule has 1 N–H and O–H groups in total. The minimum atomic E-state index is -0.112. The summed E-state index contributed by atoms with van der Waals surface area (Å²) in [5.41, 5.74) is 3.04. The lowest BCUT2D eigenvalue weighted by molar-refractivity contribution is 0.390. The zero-order valence-corrected chi connectivity index (χ0v) is 14.0. The van der Waals surface area contributed by atoms with Gasteiger partial charge in [-0.1, -0.05) is 0 Å². The van der Waals surface area contributed by atoms with Crippen molar-refractivity contribution in [1.29, 1.82) is 5.26 Å². The van der Waals surface area contributed by atoms with Crippen LogP contribution in [0.5, 0.6) is 11.5 Å². The summed E-state index contributed by atoms with van der Waals surface area (Å²) in [5, 5.41) is 20.8. The van der Waals surface area contributed by atoms with Crippen LogP contribution in [0.2, 0.25) is 0 Å². The fourth-order valence-electron chi connectivity index (χ4n) is 2.31. The lowest BCUT2D eigenvalue weighted by Gasteiger charge is -2.19. The van der Waals surface area contributed by atoms with Gasteiger partial charge in [-0.05, 0) is 38.5 Å². The number of nitrogens with zero attached hydrogens (tertiary/aromatic N) is 3. The summed E-state index contributed by atoms with van der Waals surface area (Å²) < 4.78 is 10.6. The Balaban J connectivity index is 2.35. The summed E-state index contributed by atoms with van der Waals surface area (Å²) in [4.78, 5) is 0. The molecule has 0 radical (unpaired) electrons. The number of nitriles is 1. The third-order valence-electron chi connectivity index (χ3n) is 3.83. The van der Waals surface area contributed by atoms with Gasteiger partial charge in [-0.15, -0.1) is 5.10 Å². The van der Waals surface area contributed by atoms with Gasteiger partial charge in [0.1, 0.15) is 23.1 Å². The molecule has 1 aromatic heterocycles. The number of anilines is 1. The van der Waals surface area contributed by atoms with Crippen molar-refractivity contribution < 1.29 is 9.47 Å². The van der Waals surface area contributed by atoms with Crippen LogP contribution in [-0.2, 0) is 0 Å². The average Bonchev–Trinajstić information content (AvgIpc) is 2.57. The Bertz CT molecular complexity index is 753. The first-order valence-corrected chi connectivity index (χ1v) is 7.24. The van der Waals surface area contributed by atoms with Gasteiger partial charge in [0.15, 0.2) is 5.82 Å². The third-order valence-corrected chi connectivity index (χ3v) is 3.83. The molecule has 0 spiro atoms. The van der Waals surface area contributed by atoms with Crippen LogP contribution in [0.25, 0.3) is 0 Å². The van der Waals surface area contributed by atoms with Crippen LogP contribution in [0.1, 0.15) is 35.3 Å². The van der Waals surface area contributed by atoms with Gasteiger partial charge in [-0.3, -0.25) is 0 Å². The molecule has 120 valence electrons. The molecule has 1 aromatic carbocycles. The number of benzene rings is 1. The predicted octanol–water partition coefficient (Wildman–Crippen LogP) is 3.16. The Labute approximate surface area is 136 Å². The first-order valence-electron chi connectivity index (χ1n) is 7.24. The van der Waals surface area contributed by atoms with Crippen molar-refractivity contribution in [3.05, 3.63) is 40.6 Å². The van der Waals surface area contributed by atoms with Crippen molar-refractivity contribution in [2.45, 2.75) is 26.8 Å². The van der Waals surface area contributed by atoms with E-state index in [0.717, 1.165) is 22.6 Å². The zero-order valence-electron chi connectivity index (χ0n) is 14.0. The van der Waals surface area contributed by atoms with Crippen LogP contribution < -0.4 is 14.8 Å². The van der Waals surface area contributed by atoms with Crippen molar-refractivity contribution >= 4 is 5.82 Å².